The summed E-state index contributed by atoms with van der Waals surface area (Å²) in [6, 6.07) is 13.9. The SMILES string of the molecule is CCNc1ccnc(CN(C)Cc2cccc(C#N)c2)c1. The van der Waals surface area contributed by atoms with Crippen LogP contribution >= 0.6 is 0 Å². The van der Waals surface area contributed by atoms with Gasteiger partial charge in [0.1, 0.15) is 0 Å². The number of benzene rings is 1. The Labute approximate surface area is 126 Å². The quantitative estimate of drug-likeness (QED) is 0.883. The number of pyridine rings is 1. The second kappa shape index (κ2) is 7.41. The van der Waals surface area contributed by atoms with Gasteiger partial charge >= 0.3 is 0 Å². The number of hydrogen-bond donors (Lipinski definition) is 1. The Morgan fingerprint density at radius 2 is 2.10 bits per heavy atom. The van der Waals surface area contributed by atoms with E-state index in [-0.39, 0.29) is 0 Å². The number of rotatable bonds is 6. The first-order valence-corrected chi connectivity index (χ1v) is 7.07. The van der Waals surface area contributed by atoms with E-state index < -0.39 is 0 Å². The number of nitrogens with one attached hydrogen (secondary N) is 1. The molecule has 108 valence electrons. The summed E-state index contributed by atoms with van der Waals surface area (Å²) < 4.78 is 0. The fourth-order valence-electron chi connectivity index (χ4n) is 2.26. The van der Waals surface area contributed by atoms with Crippen molar-refractivity contribution >= 4 is 5.69 Å². The predicted octanol–water partition coefficient (Wildman–Crippen LogP) is 3.02. The first kappa shape index (κ1) is 15.0. The smallest absolute Gasteiger partial charge is 0.0991 e. The molecule has 0 radical (unpaired) electrons. The lowest BCUT2D eigenvalue weighted by molar-refractivity contribution is 0.315. The minimum Gasteiger partial charge on any atom is -0.385 e. The Bertz CT molecular complexity index is 631. The molecule has 0 saturated carbocycles. The Morgan fingerprint density at radius 3 is 2.86 bits per heavy atom. The van der Waals surface area contributed by atoms with Gasteiger partial charge in [-0.05, 0) is 43.8 Å². The van der Waals surface area contributed by atoms with Gasteiger partial charge in [-0.3, -0.25) is 9.88 Å². The maximum atomic E-state index is 8.93. The number of anilines is 1. The van der Waals surface area contributed by atoms with Crippen molar-refractivity contribution in [3.05, 3.63) is 59.4 Å². The molecule has 1 N–H and O–H groups in total. The molecule has 0 aliphatic heterocycles. The zero-order valence-corrected chi connectivity index (χ0v) is 12.5. The Morgan fingerprint density at radius 1 is 1.24 bits per heavy atom. The van der Waals surface area contributed by atoms with E-state index in [1.807, 2.05) is 36.5 Å². The molecule has 4 heteroatoms. The van der Waals surface area contributed by atoms with Gasteiger partial charge in [-0.2, -0.15) is 5.26 Å². The topological polar surface area (TPSA) is 52.0 Å². The second-order valence-corrected chi connectivity index (χ2v) is 5.05. The Kier molecular flexibility index (Phi) is 5.30. The van der Waals surface area contributed by atoms with E-state index in [2.05, 4.69) is 41.3 Å². The maximum Gasteiger partial charge on any atom is 0.0991 e. The van der Waals surface area contributed by atoms with Crippen LogP contribution < -0.4 is 5.32 Å². The Hall–Kier alpha value is -2.38. The van der Waals surface area contributed by atoms with E-state index in [4.69, 9.17) is 5.26 Å². The molecule has 0 unspecified atom stereocenters. The summed E-state index contributed by atoms with van der Waals surface area (Å²) in [7, 11) is 2.06. The van der Waals surface area contributed by atoms with E-state index in [9.17, 15) is 0 Å². The van der Waals surface area contributed by atoms with Crippen molar-refractivity contribution in [3.63, 3.8) is 0 Å². The summed E-state index contributed by atoms with van der Waals surface area (Å²) in [4.78, 5) is 6.59. The molecular formula is C17H20N4. The van der Waals surface area contributed by atoms with Crippen LogP contribution in [0.1, 0.15) is 23.7 Å². The van der Waals surface area contributed by atoms with Crippen molar-refractivity contribution in [3.8, 4) is 6.07 Å². The summed E-state index contributed by atoms with van der Waals surface area (Å²) in [5, 5.41) is 12.2. The van der Waals surface area contributed by atoms with Gasteiger partial charge in [0.2, 0.25) is 0 Å². The van der Waals surface area contributed by atoms with E-state index in [1.165, 1.54) is 0 Å². The standard InChI is InChI=1S/C17H20N4/c1-3-19-16-7-8-20-17(10-16)13-21(2)12-15-6-4-5-14(9-15)11-18/h4-10H,3,12-13H2,1-2H3,(H,19,20). The molecule has 0 spiro atoms. The Balaban J connectivity index is 1.99. The lowest BCUT2D eigenvalue weighted by Gasteiger charge is -2.17. The third-order valence-corrected chi connectivity index (χ3v) is 3.14. The minimum absolute atomic E-state index is 0.702. The highest BCUT2D eigenvalue weighted by Gasteiger charge is 2.04. The lowest BCUT2D eigenvalue weighted by Crippen LogP contribution is -2.18. The molecule has 0 atom stereocenters. The minimum atomic E-state index is 0.702. The molecule has 1 aromatic carbocycles. The van der Waals surface area contributed by atoms with Crippen LogP contribution in [0.3, 0.4) is 0 Å². The summed E-state index contributed by atoms with van der Waals surface area (Å²) in [6.07, 6.45) is 1.83. The van der Waals surface area contributed by atoms with Crippen molar-refractivity contribution in [1.29, 1.82) is 5.26 Å². The van der Waals surface area contributed by atoms with Gasteiger partial charge in [-0.1, -0.05) is 12.1 Å². The maximum absolute atomic E-state index is 8.93. The highest BCUT2D eigenvalue weighted by atomic mass is 15.1. The van der Waals surface area contributed by atoms with Crippen LogP contribution in [0, 0.1) is 11.3 Å². The van der Waals surface area contributed by atoms with Gasteiger partial charge in [-0.15, -0.1) is 0 Å². The van der Waals surface area contributed by atoms with E-state index in [0.717, 1.165) is 36.6 Å². The second-order valence-electron chi connectivity index (χ2n) is 5.05. The molecule has 0 saturated heterocycles. The molecule has 0 aliphatic rings. The molecule has 0 amide bonds. The number of aromatic nitrogens is 1. The van der Waals surface area contributed by atoms with Crippen molar-refractivity contribution < 1.29 is 0 Å². The fraction of sp³-hybridized carbons (Fsp3) is 0.294. The summed E-state index contributed by atoms with van der Waals surface area (Å²) in [6.45, 7) is 4.55. The summed E-state index contributed by atoms with van der Waals surface area (Å²) >= 11 is 0. The van der Waals surface area contributed by atoms with Crippen LogP contribution in [-0.2, 0) is 13.1 Å². The van der Waals surface area contributed by atoms with Crippen LogP contribution in [0.15, 0.2) is 42.6 Å². The zero-order chi connectivity index (χ0) is 15.1. The van der Waals surface area contributed by atoms with E-state index in [1.54, 1.807) is 0 Å². The third-order valence-electron chi connectivity index (χ3n) is 3.14. The highest BCUT2D eigenvalue weighted by Crippen LogP contribution is 2.12. The molecule has 1 aromatic heterocycles. The summed E-state index contributed by atoms with van der Waals surface area (Å²) in [5.74, 6) is 0. The van der Waals surface area contributed by atoms with Crippen molar-refractivity contribution in [1.82, 2.24) is 9.88 Å². The van der Waals surface area contributed by atoms with Crippen LogP contribution in [0.5, 0.6) is 0 Å². The van der Waals surface area contributed by atoms with Crippen LogP contribution in [0.2, 0.25) is 0 Å². The third kappa shape index (κ3) is 4.59. The molecule has 2 aromatic rings. The van der Waals surface area contributed by atoms with Crippen molar-refractivity contribution in [2.24, 2.45) is 0 Å². The van der Waals surface area contributed by atoms with Crippen LogP contribution in [0.4, 0.5) is 5.69 Å². The number of nitriles is 1. The van der Waals surface area contributed by atoms with Crippen molar-refractivity contribution in [2.75, 3.05) is 18.9 Å². The molecule has 21 heavy (non-hydrogen) atoms. The van der Waals surface area contributed by atoms with Gasteiger partial charge in [0.25, 0.3) is 0 Å². The zero-order valence-electron chi connectivity index (χ0n) is 12.5. The molecule has 0 aliphatic carbocycles. The molecule has 2 rings (SSSR count). The molecule has 0 bridgehead atoms. The molecular weight excluding hydrogens is 260 g/mol. The fourth-order valence-corrected chi connectivity index (χ4v) is 2.26. The lowest BCUT2D eigenvalue weighted by atomic mass is 10.1. The molecule has 0 fully saturated rings. The molecule has 4 nitrogen and oxygen atoms in total. The first-order valence-electron chi connectivity index (χ1n) is 7.07. The van der Waals surface area contributed by atoms with Gasteiger partial charge in [-0.25, -0.2) is 0 Å². The largest absolute Gasteiger partial charge is 0.385 e. The highest BCUT2D eigenvalue weighted by molar-refractivity contribution is 5.43. The van der Waals surface area contributed by atoms with Gasteiger partial charge < -0.3 is 5.32 Å². The van der Waals surface area contributed by atoms with Gasteiger partial charge in [0.15, 0.2) is 0 Å². The van der Waals surface area contributed by atoms with E-state index in [0.29, 0.717) is 5.56 Å². The normalized spacial score (nSPS) is 10.4. The number of nitrogens with zero attached hydrogens (tertiary/aromatic N) is 3. The van der Waals surface area contributed by atoms with Crippen LogP contribution in [0.25, 0.3) is 0 Å². The average molecular weight is 280 g/mol. The van der Waals surface area contributed by atoms with Crippen LogP contribution in [-0.4, -0.2) is 23.5 Å². The van der Waals surface area contributed by atoms with Gasteiger partial charge in [0.05, 0.1) is 17.3 Å². The average Bonchev–Trinajstić information content (AvgIpc) is 2.48. The first-order chi connectivity index (χ1) is 10.2. The van der Waals surface area contributed by atoms with E-state index >= 15 is 0 Å². The van der Waals surface area contributed by atoms with Gasteiger partial charge in [0, 0.05) is 31.5 Å². The van der Waals surface area contributed by atoms with Crippen molar-refractivity contribution in [2.45, 2.75) is 20.0 Å². The predicted molar refractivity (Wildman–Crippen MR) is 84.7 cm³/mol. The molecule has 1 heterocycles. The summed E-state index contributed by atoms with van der Waals surface area (Å²) in [5.41, 5.74) is 3.97. The monoisotopic (exact) mass is 280 g/mol. The number of hydrogen-bond acceptors (Lipinski definition) is 4.